The zero-order valence-electron chi connectivity index (χ0n) is 1.66. The summed E-state index contributed by atoms with van der Waals surface area (Å²) in [7, 11) is 0. The van der Waals surface area contributed by atoms with Crippen LogP contribution in [-0.2, 0) is 25.6 Å². The van der Waals surface area contributed by atoms with Gasteiger partial charge in [-0.15, -0.1) is 0 Å². The molecule has 0 N–H and O–H groups in total. The topological polar surface area (TPSA) is 9.23 Å². The minimum Gasteiger partial charge on any atom is -0.166 e. The number of hydrogen-bond acceptors (Lipinski definition) is 1. The summed E-state index contributed by atoms with van der Waals surface area (Å²) in [5, 5.41) is 0. The van der Waals surface area contributed by atoms with Gasteiger partial charge in [0.2, 0.25) is 0 Å². The van der Waals surface area contributed by atoms with Crippen molar-refractivity contribution in [1.29, 1.82) is 0 Å². The van der Waals surface area contributed by atoms with Crippen LogP contribution in [0.2, 0.25) is 0 Å². The van der Waals surface area contributed by atoms with Gasteiger partial charge in [0, 0.05) is 0 Å². The van der Waals surface area contributed by atoms with Crippen LogP contribution in [-0.4, -0.2) is 0 Å². The molecule has 0 unspecified atom stereocenters. The summed E-state index contributed by atoms with van der Waals surface area (Å²) in [6, 6.07) is 0. The van der Waals surface area contributed by atoms with E-state index in [0.29, 0.717) is 0 Å². The molecule has 0 fully saturated rings. The van der Waals surface area contributed by atoms with Gasteiger partial charge < -0.3 is 0 Å². The summed E-state index contributed by atoms with van der Waals surface area (Å²) >= 11 is 8.53. The molecule has 0 aliphatic rings. The van der Waals surface area contributed by atoms with Crippen LogP contribution in [0.3, 0.4) is 0 Å². The molecule has 0 aromatic heterocycles. The van der Waals surface area contributed by atoms with Crippen LogP contribution in [0.5, 0.6) is 0 Å². The molecule has 0 rings (SSSR count). The largest absolute Gasteiger partial charge is 4.00 e. The maximum atomic E-state index is 4.26. The third kappa shape index (κ3) is 10.5. The fourth-order valence-corrected chi connectivity index (χ4v) is 0. The van der Waals surface area contributed by atoms with E-state index < -0.39 is 0 Å². The SMILES string of the molecule is ClOCl.[Ti+4]. The Bertz CT molecular complexity index is 6.00. The third-order valence-electron chi connectivity index (χ3n) is 0. The molecule has 0 radical (unpaired) electrons. The van der Waals surface area contributed by atoms with E-state index in [1.807, 2.05) is 0 Å². The van der Waals surface area contributed by atoms with Crippen molar-refractivity contribution in [1.82, 2.24) is 0 Å². The van der Waals surface area contributed by atoms with E-state index in [9.17, 15) is 0 Å². The Hall–Kier alpha value is 1.25. The first-order chi connectivity index (χ1) is 1.41. The molecule has 20 valence electrons. The summed E-state index contributed by atoms with van der Waals surface area (Å²) < 4.78 is 3.19. The first kappa shape index (κ1) is 8.98. The minimum absolute atomic E-state index is 0. The Kier molecular flexibility index (Phi) is 19.9. The average molecular weight is 135 g/mol. The second-order valence-corrected chi connectivity index (χ2v) is 0.525. The predicted molar refractivity (Wildman–Crippen MR) is 12.8 cm³/mol. The van der Waals surface area contributed by atoms with Crippen LogP contribution in [0.25, 0.3) is 0 Å². The maximum Gasteiger partial charge on any atom is 4.00 e. The Balaban J connectivity index is 0. The van der Waals surface area contributed by atoms with Crippen molar-refractivity contribution in [2.75, 3.05) is 0 Å². The first-order valence-electron chi connectivity index (χ1n) is 0.309. The number of hydrogen-bond donors (Lipinski definition) is 0. The fourth-order valence-electron chi connectivity index (χ4n) is 0. The molecule has 4 heteroatoms. The minimum atomic E-state index is 0. The molecule has 0 bridgehead atoms. The van der Waals surface area contributed by atoms with Gasteiger partial charge in [0.25, 0.3) is 0 Å². The van der Waals surface area contributed by atoms with Crippen molar-refractivity contribution >= 4 is 23.7 Å². The standard InChI is InChI=1S/Cl2O.Ti/c1-3-2;/q;+4. The zero-order valence-corrected chi connectivity index (χ0v) is 4.74. The van der Waals surface area contributed by atoms with E-state index in [1.54, 1.807) is 0 Å². The predicted octanol–water partition coefficient (Wildman–Crippen LogP) is 1.31. The molecule has 0 spiro atoms. The van der Waals surface area contributed by atoms with E-state index in [1.165, 1.54) is 0 Å². The third-order valence-corrected chi connectivity index (χ3v) is 0. The average Bonchev–Trinajstić information content (AvgIpc) is 0.918. The van der Waals surface area contributed by atoms with Gasteiger partial charge >= 0.3 is 21.7 Å². The smallest absolute Gasteiger partial charge is 0.166 e. The first-order valence-corrected chi connectivity index (χ1v) is 0.926. The van der Waals surface area contributed by atoms with Crippen LogP contribution < -0.4 is 0 Å². The summed E-state index contributed by atoms with van der Waals surface area (Å²) in [4.78, 5) is 0. The van der Waals surface area contributed by atoms with Crippen molar-refractivity contribution in [3.8, 4) is 0 Å². The van der Waals surface area contributed by atoms with Gasteiger partial charge in [-0.05, 0) is 0 Å². The molecule has 0 saturated carbocycles. The molecule has 1 nitrogen and oxygen atoms in total. The molecule has 0 aliphatic heterocycles. The summed E-state index contributed by atoms with van der Waals surface area (Å²) in [5.41, 5.74) is 0. The van der Waals surface area contributed by atoms with Gasteiger partial charge in [0.1, 0.15) is 0 Å². The van der Waals surface area contributed by atoms with Gasteiger partial charge in [0.05, 0.1) is 23.7 Å². The summed E-state index contributed by atoms with van der Waals surface area (Å²) in [6.45, 7) is 0. The van der Waals surface area contributed by atoms with Gasteiger partial charge in [-0.1, -0.05) is 0 Å². The van der Waals surface area contributed by atoms with E-state index in [0.717, 1.165) is 0 Å². The monoisotopic (exact) mass is 134 g/mol. The van der Waals surface area contributed by atoms with E-state index in [-0.39, 0.29) is 21.7 Å². The summed E-state index contributed by atoms with van der Waals surface area (Å²) in [6.07, 6.45) is 0. The Morgan fingerprint density at radius 3 is 1.25 bits per heavy atom. The van der Waals surface area contributed by atoms with E-state index in [2.05, 4.69) is 27.6 Å². The van der Waals surface area contributed by atoms with Crippen LogP contribution in [0.1, 0.15) is 0 Å². The molecule has 4 heavy (non-hydrogen) atoms. The van der Waals surface area contributed by atoms with Gasteiger partial charge in [-0.25, -0.2) is 0 Å². The zero-order chi connectivity index (χ0) is 2.71. The molecule has 0 heterocycles. The number of rotatable bonds is 0. The summed E-state index contributed by atoms with van der Waals surface area (Å²) in [5.74, 6) is 0. The molecule has 0 aliphatic carbocycles. The second-order valence-electron chi connectivity index (χ2n) is 0.0583. The van der Waals surface area contributed by atoms with Gasteiger partial charge in [0.15, 0.2) is 0 Å². The second kappa shape index (κ2) is 8.87. The maximum absolute atomic E-state index is 4.26. The Morgan fingerprint density at radius 1 is 1.25 bits per heavy atom. The molecule has 0 saturated heterocycles. The molecule has 0 aromatic rings. The van der Waals surface area contributed by atoms with E-state index >= 15 is 0 Å². The number of halogens is 2. The van der Waals surface area contributed by atoms with Crippen LogP contribution in [0.4, 0.5) is 0 Å². The molecular formula is Cl2OTi+4. The van der Waals surface area contributed by atoms with Crippen molar-refractivity contribution < 1.29 is 25.6 Å². The van der Waals surface area contributed by atoms with E-state index in [4.69, 9.17) is 0 Å². The van der Waals surface area contributed by atoms with Crippen LogP contribution in [0, 0.1) is 0 Å². The van der Waals surface area contributed by atoms with Crippen molar-refractivity contribution in [2.45, 2.75) is 0 Å². The molecule has 0 amide bonds. The van der Waals surface area contributed by atoms with Gasteiger partial charge in [-0.2, -0.15) is 3.84 Å². The van der Waals surface area contributed by atoms with Crippen LogP contribution in [0.15, 0.2) is 0 Å². The molecular weight excluding hydrogens is 135 g/mol. The van der Waals surface area contributed by atoms with Crippen molar-refractivity contribution in [3.05, 3.63) is 0 Å². The van der Waals surface area contributed by atoms with Crippen molar-refractivity contribution in [2.24, 2.45) is 0 Å². The Labute approximate surface area is 49.4 Å². The Morgan fingerprint density at radius 2 is 1.25 bits per heavy atom. The van der Waals surface area contributed by atoms with Crippen LogP contribution >= 0.6 is 23.7 Å². The fraction of sp³-hybridized carbons (Fsp3) is 0. The van der Waals surface area contributed by atoms with Crippen molar-refractivity contribution in [3.63, 3.8) is 0 Å². The quantitative estimate of drug-likeness (QED) is 0.454. The molecule has 0 atom stereocenters. The molecule has 0 aromatic carbocycles. The normalized spacial score (nSPS) is 4.50. The van der Waals surface area contributed by atoms with Gasteiger partial charge in [-0.3, -0.25) is 0 Å².